The first-order chi connectivity index (χ1) is 5.20. The van der Waals surface area contributed by atoms with Crippen LogP contribution in [0.5, 0.6) is 0 Å². The lowest BCUT2D eigenvalue weighted by Gasteiger charge is -1.94. The normalized spacial score (nSPS) is 9.64. The summed E-state index contributed by atoms with van der Waals surface area (Å²) >= 11 is 5.11. The summed E-state index contributed by atoms with van der Waals surface area (Å²) in [6, 6.07) is 0. The van der Waals surface area contributed by atoms with Gasteiger partial charge in [-0.15, -0.1) is 0 Å². The fourth-order valence-electron chi connectivity index (χ4n) is 0.383. The van der Waals surface area contributed by atoms with Crippen LogP contribution in [0.25, 0.3) is 0 Å². The summed E-state index contributed by atoms with van der Waals surface area (Å²) in [4.78, 5) is 21.7. The molecule has 11 heavy (non-hydrogen) atoms. The topological polar surface area (TPSA) is 34.1 Å². The molecule has 0 saturated carbocycles. The Morgan fingerprint density at radius 2 is 1.36 bits per heavy atom. The molecule has 0 heterocycles. The van der Waals surface area contributed by atoms with E-state index in [1.54, 1.807) is 0 Å². The SMILES string of the molecule is O=C(CCI)SC(=O)CCI. The Balaban J connectivity index is 3.49. The van der Waals surface area contributed by atoms with E-state index in [0.29, 0.717) is 12.8 Å². The second-order valence-electron chi connectivity index (χ2n) is 1.72. The van der Waals surface area contributed by atoms with E-state index in [-0.39, 0.29) is 10.2 Å². The highest BCUT2D eigenvalue weighted by atomic mass is 127. The zero-order chi connectivity index (χ0) is 8.69. The monoisotopic (exact) mass is 398 g/mol. The molecule has 64 valence electrons. The Labute approximate surface area is 97.5 Å². The van der Waals surface area contributed by atoms with Crippen molar-refractivity contribution < 1.29 is 9.59 Å². The third kappa shape index (κ3) is 7.51. The van der Waals surface area contributed by atoms with Crippen LogP contribution in [0, 0.1) is 0 Å². The van der Waals surface area contributed by atoms with Gasteiger partial charge in [-0.05, 0) is 11.8 Å². The second-order valence-corrected chi connectivity index (χ2v) is 5.00. The van der Waals surface area contributed by atoms with Crippen molar-refractivity contribution in [2.75, 3.05) is 8.86 Å². The van der Waals surface area contributed by atoms with Gasteiger partial charge in [0.2, 0.25) is 0 Å². The highest BCUT2D eigenvalue weighted by molar-refractivity contribution is 14.1. The molecule has 0 aliphatic heterocycles. The molecule has 0 unspecified atom stereocenters. The van der Waals surface area contributed by atoms with Crippen LogP contribution < -0.4 is 0 Å². The lowest BCUT2D eigenvalue weighted by Crippen LogP contribution is -2.00. The Hall–Kier alpha value is 1.15. The summed E-state index contributed by atoms with van der Waals surface area (Å²) in [6.07, 6.45) is 0.996. The Bertz CT molecular complexity index is 134. The van der Waals surface area contributed by atoms with Crippen LogP contribution in [0.1, 0.15) is 12.8 Å². The van der Waals surface area contributed by atoms with E-state index in [0.717, 1.165) is 20.6 Å². The number of carbonyl (C=O) groups is 2. The van der Waals surface area contributed by atoms with Crippen molar-refractivity contribution in [2.45, 2.75) is 12.8 Å². The van der Waals surface area contributed by atoms with Gasteiger partial charge in [-0.2, -0.15) is 0 Å². The van der Waals surface area contributed by atoms with Gasteiger partial charge in [0.25, 0.3) is 0 Å². The van der Waals surface area contributed by atoms with E-state index in [1.807, 2.05) is 0 Å². The second kappa shape index (κ2) is 7.78. The number of halogens is 2. The smallest absolute Gasteiger partial charge is 0.197 e. The van der Waals surface area contributed by atoms with Gasteiger partial charge in [0, 0.05) is 21.7 Å². The van der Waals surface area contributed by atoms with Gasteiger partial charge in [0.1, 0.15) is 0 Å². The Morgan fingerprint density at radius 3 is 1.64 bits per heavy atom. The van der Waals surface area contributed by atoms with E-state index in [2.05, 4.69) is 45.2 Å². The first-order valence-electron chi connectivity index (χ1n) is 3.06. The molecule has 0 atom stereocenters. The zero-order valence-corrected chi connectivity index (χ0v) is 10.9. The van der Waals surface area contributed by atoms with Crippen molar-refractivity contribution in [3.05, 3.63) is 0 Å². The lowest BCUT2D eigenvalue weighted by atomic mass is 10.5. The minimum Gasteiger partial charge on any atom is -0.287 e. The molecule has 0 N–H and O–H groups in total. The average molecular weight is 398 g/mol. The van der Waals surface area contributed by atoms with E-state index in [9.17, 15) is 9.59 Å². The summed E-state index contributed by atoms with van der Waals surface area (Å²) in [5.41, 5.74) is 0. The van der Waals surface area contributed by atoms with Gasteiger partial charge in [0.05, 0.1) is 0 Å². The highest BCUT2D eigenvalue weighted by Crippen LogP contribution is 2.11. The van der Waals surface area contributed by atoms with Crippen LogP contribution >= 0.6 is 56.9 Å². The van der Waals surface area contributed by atoms with Crippen molar-refractivity contribution in [1.29, 1.82) is 0 Å². The molecule has 0 amide bonds. The maximum atomic E-state index is 10.9. The standard InChI is InChI=1S/C6H8I2O2S/c7-3-1-5(9)11-6(10)2-4-8/h1-4H2. The molecule has 0 aliphatic rings. The van der Waals surface area contributed by atoms with Crippen LogP contribution in [-0.4, -0.2) is 19.1 Å². The van der Waals surface area contributed by atoms with E-state index in [1.165, 1.54) is 0 Å². The van der Waals surface area contributed by atoms with Gasteiger partial charge in [-0.1, -0.05) is 45.2 Å². The predicted octanol–water partition coefficient (Wildman–Crippen LogP) is 2.42. The van der Waals surface area contributed by atoms with Crippen molar-refractivity contribution in [3.63, 3.8) is 0 Å². The Morgan fingerprint density at radius 1 is 1.00 bits per heavy atom. The highest BCUT2D eigenvalue weighted by Gasteiger charge is 2.08. The van der Waals surface area contributed by atoms with Gasteiger partial charge in [0.15, 0.2) is 10.2 Å². The maximum absolute atomic E-state index is 10.9. The summed E-state index contributed by atoms with van der Waals surface area (Å²) in [6.45, 7) is 0. The maximum Gasteiger partial charge on any atom is 0.197 e. The number of rotatable bonds is 4. The number of carbonyl (C=O) groups excluding carboxylic acids is 2. The van der Waals surface area contributed by atoms with Gasteiger partial charge >= 0.3 is 0 Å². The summed E-state index contributed by atoms with van der Waals surface area (Å²) in [5, 5.41) is -0.0106. The third-order valence-corrected chi connectivity index (χ3v) is 2.77. The molecule has 0 rings (SSSR count). The number of alkyl halides is 2. The fraction of sp³-hybridized carbons (Fsp3) is 0.667. The van der Waals surface area contributed by atoms with E-state index in [4.69, 9.17) is 0 Å². The molecule has 0 aliphatic carbocycles. The molecule has 0 bridgehead atoms. The van der Waals surface area contributed by atoms with Gasteiger partial charge in [-0.3, -0.25) is 9.59 Å². The first-order valence-corrected chi connectivity index (χ1v) is 6.93. The summed E-state index contributed by atoms with van der Waals surface area (Å²) < 4.78 is 1.59. The fourth-order valence-corrected chi connectivity index (χ4v) is 2.76. The van der Waals surface area contributed by atoms with Crippen LogP contribution in [0.15, 0.2) is 0 Å². The predicted molar refractivity (Wildman–Crippen MR) is 64.6 cm³/mol. The molecule has 2 nitrogen and oxygen atoms in total. The molecule has 0 radical (unpaired) electrons. The van der Waals surface area contributed by atoms with Crippen LogP contribution in [0.3, 0.4) is 0 Å². The first kappa shape index (κ1) is 12.2. The van der Waals surface area contributed by atoms with Crippen molar-refractivity contribution >= 4 is 67.2 Å². The van der Waals surface area contributed by atoms with Crippen LogP contribution in [-0.2, 0) is 9.59 Å². The molecular formula is C6H8I2O2S. The summed E-state index contributed by atoms with van der Waals surface area (Å²) in [7, 11) is 0. The molecule has 0 aromatic rings. The van der Waals surface area contributed by atoms with Crippen LogP contribution in [0.4, 0.5) is 0 Å². The van der Waals surface area contributed by atoms with Crippen molar-refractivity contribution in [2.24, 2.45) is 0 Å². The van der Waals surface area contributed by atoms with Gasteiger partial charge < -0.3 is 0 Å². The number of thioether (sulfide) groups is 1. The van der Waals surface area contributed by atoms with Crippen molar-refractivity contribution in [3.8, 4) is 0 Å². The molecule has 0 aromatic carbocycles. The molecule has 0 aromatic heterocycles. The van der Waals surface area contributed by atoms with Crippen molar-refractivity contribution in [1.82, 2.24) is 0 Å². The molecule has 0 spiro atoms. The third-order valence-electron chi connectivity index (χ3n) is 0.825. The minimum absolute atomic E-state index is 0.00532. The quantitative estimate of drug-likeness (QED) is 0.539. The van der Waals surface area contributed by atoms with E-state index < -0.39 is 0 Å². The van der Waals surface area contributed by atoms with Crippen LogP contribution in [0.2, 0.25) is 0 Å². The molecule has 0 saturated heterocycles. The number of hydrogen-bond acceptors (Lipinski definition) is 3. The number of hydrogen-bond donors (Lipinski definition) is 0. The average Bonchev–Trinajstić information content (AvgIpc) is 1.87. The molecule has 5 heteroatoms. The molecule has 0 fully saturated rings. The van der Waals surface area contributed by atoms with Gasteiger partial charge in [-0.25, -0.2) is 0 Å². The Kier molecular flexibility index (Phi) is 8.59. The van der Waals surface area contributed by atoms with E-state index >= 15 is 0 Å². The summed E-state index contributed by atoms with van der Waals surface area (Å²) in [5.74, 6) is 0. The largest absolute Gasteiger partial charge is 0.287 e. The molecular weight excluding hydrogens is 390 g/mol. The zero-order valence-electron chi connectivity index (χ0n) is 5.81. The minimum atomic E-state index is -0.00532. The lowest BCUT2D eigenvalue weighted by molar-refractivity contribution is -0.112.